The minimum atomic E-state index is -0.623. The van der Waals surface area contributed by atoms with Crippen molar-refractivity contribution >= 4 is 5.97 Å². The largest absolute Gasteiger partial charge is 0.452 e. The minimum Gasteiger partial charge on any atom is -0.452 e. The van der Waals surface area contributed by atoms with Crippen molar-refractivity contribution in [2.75, 3.05) is 6.61 Å². The van der Waals surface area contributed by atoms with Crippen LogP contribution in [0.5, 0.6) is 0 Å². The summed E-state index contributed by atoms with van der Waals surface area (Å²) in [6.07, 6.45) is 2.38. The van der Waals surface area contributed by atoms with Crippen LogP contribution in [-0.2, 0) is 38.8 Å². The smallest absolute Gasteiger partial charge is 0.338 e. The molecular formula is C35H34O5. The molecule has 0 saturated carbocycles. The van der Waals surface area contributed by atoms with Gasteiger partial charge >= 0.3 is 5.97 Å². The maximum Gasteiger partial charge on any atom is 0.338 e. The first-order chi connectivity index (χ1) is 19.8. The van der Waals surface area contributed by atoms with E-state index in [1.54, 1.807) is 12.1 Å². The van der Waals surface area contributed by atoms with Crippen molar-refractivity contribution in [3.05, 3.63) is 156 Å². The molecule has 5 heteroatoms. The number of esters is 1. The van der Waals surface area contributed by atoms with E-state index in [4.69, 9.17) is 18.9 Å². The molecule has 4 aromatic carbocycles. The average Bonchev–Trinajstić information content (AvgIpc) is 3.02. The van der Waals surface area contributed by atoms with Crippen molar-refractivity contribution in [1.29, 1.82) is 0 Å². The molecule has 0 saturated heterocycles. The zero-order valence-corrected chi connectivity index (χ0v) is 22.4. The van der Waals surface area contributed by atoms with Gasteiger partial charge in [0.25, 0.3) is 0 Å². The Hall–Kier alpha value is -4.03. The van der Waals surface area contributed by atoms with Crippen LogP contribution in [0.25, 0.3) is 0 Å². The lowest BCUT2D eigenvalue weighted by atomic mass is 9.88. The Morgan fingerprint density at radius 1 is 0.550 bits per heavy atom. The summed E-state index contributed by atoms with van der Waals surface area (Å²) in [5, 5.41) is 0. The molecule has 204 valence electrons. The van der Waals surface area contributed by atoms with Gasteiger partial charge in [-0.15, -0.1) is 0 Å². The van der Waals surface area contributed by atoms with E-state index >= 15 is 0 Å². The minimum absolute atomic E-state index is 0.0973. The van der Waals surface area contributed by atoms with E-state index in [0.29, 0.717) is 32.0 Å². The predicted molar refractivity (Wildman–Crippen MR) is 154 cm³/mol. The van der Waals surface area contributed by atoms with E-state index in [-0.39, 0.29) is 5.92 Å². The van der Waals surface area contributed by atoms with E-state index in [0.717, 1.165) is 16.7 Å². The zero-order chi connectivity index (χ0) is 27.4. The van der Waals surface area contributed by atoms with Crippen LogP contribution in [0.2, 0.25) is 0 Å². The van der Waals surface area contributed by atoms with Gasteiger partial charge in [-0.05, 0) is 34.9 Å². The van der Waals surface area contributed by atoms with Crippen LogP contribution in [0.4, 0.5) is 0 Å². The zero-order valence-electron chi connectivity index (χ0n) is 22.4. The fourth-order valence-corrected chi connectivity index (χ4v) is 4.75. The van der Waals surface area contributed by atoms with Crippen molar-refractivity contribution in [2.24, 2.45) is 5.92 Å². The highest BCUT2D eigenvalue weighted by Crippen LogP contribution is 2.29. The molecule has 0 aromatic heterocycles. The molecule has 0 N–H and O–H groups in total. The number of ether oxygens (including phenoxy) is 4. The second kappa shape index (κ2) is 14.4. The number of carbonyl (C=O) groups excluding carboxylic acids is 1. The Kier molecular flexibility index (Phi) is 9.90. The molecule has 0 fully saturated rings. The average molecular weight is 535 g/mol. The third-order valence-electron chi connectivity index (χ3n) is 6.86. The molecule has 0 radical (unpaired) electrons. The Morgan fingerprint density at radius 2 is 1.02 bits per heavy atom. The van der Waals surface area contributed by atoms with Gasteiger partial charge in [-0.3, -0.25) is 0 Å². The van der Waals surface area contributed by atoms with Crippen molar-refractivity contribution in [1.82, 2.24) is 0 Å². The molecule has 40 heavy (non-hydrogen) atoms. The predicted octanol–water partition coefficient (Wildman–Crippen LogP) is 6.79. The molecule has 0 aliphatic heterocycles. The number of rotatable bonds is 12. The summed E-state index contributed by atoms with van der Waals surface area (Å²) in [6.45, 7) is 1.70. The molecule has 1 aliphatic rings. The van der Waals surface area contributed by atoms with Gasteiger partial charge in [-0.25, -0.2) is 4.79 Å². The SMILES string of the molecule is O=C(O[C@H]1C=C[C@H](COCc2ccccc2)[C@@H](OCc2ccccc2)[C@@H]1OCc1ccccc1)c1ccccc1. The number of benzene rings is 4. The molecule has 0 bridgehead atoms. The van der Waals surface area contributed by atoms with Gasteiger partial charge in [0.2, 0.25) is 0 Å². The Balaban J connectivity index is 1.37. The quantitative estimate of drug-likeness (QED) is 0.148. The first-order valence-electron chi connectivity index (χ1n) is 13.6. The first-order valence-corrected chi connectivity index (χ1v) is 13.6. The van der Waals surface area contributed by atoms with Gasteiger partial charge < -0.3 is 18.9 Å². The van der Waals surface area contributed by atoms with E-state index in [2.05, 4.69) is 0 Å². The topological polar surface area (TPSA) is 54.0 Å². The molecule has 5 rings (SSSR count). The summed E-state index contributed by atoms with van der Waals surface area (Å²) in [5.41, 5.74) is 3.69. The van der Waals surface area contributed by atoms with Crippen LogP contribution < -0.4 is 0 Å². The van der Waals surface area contributed by atoms with Crippen LogP contribution in [0.1, 0.15) is 27.0 Å². The maximum absolute atomic E-state index is 13.1. The lowest BCUT2D eigenvalue weighted by Crippen LogP contribution is -2.49. The third kappa shape index (κ3) is 7.76. The summed E-state index contributed by atoms with van der Waals surface area (Å²) in [7, 11) is 0. The molecule has 4 aromatic rings. The third-order valence-corrected chi connectivity index (χ3v) is 6.86. The number of hydrogen-bond acceptors (Lipinski definition) is 5. The van der Waals surface area contributed by atoms with Gasteiger partial charge in [0, 0.05) is 5.92 Å². The van der Waals surface area contributed by atoms with Crippen LogP contribution in [0, 0.1) is 5.92 Å². The molecule has 0 amide bonds. The van der Waals surface area contributed by atoms with Gasteiger partial charge in [0.15, 0.2) is 0 Å². The second-order valence-corrected chi connectivity index (χ2v) is 9.81. The normalized spacial score (nSPS) is 20.2. The number of hydrogen-bond donors (Lipinski definition) is 0. The molecule has 4 atom stereocenters. The van der Waals surface area contributed by atoms with Gasteiger partial charge in [0.1, 0.15) is 12.2 Å². The summed E-state index contributed by atoms with van der Waals surface area (Å²) in [6, 6.07) is 39.1. The lowest BCUT2D eigenvalue weighted by molar-refractivity contribution is -0.149. The van der Waals surface area contributed by atoms with Gasteiger partial charge in [0.05, 0.1) is 38.1 Å². The van der Waals surface area contributed by atoms with Crippen molar-refractivity contribution in [2.45, 2.75) is 38.1 Å². The highest BCUT2D eigenvalue weighted by Gasteiger charge is 2.40. The van der Waals surface area contributed by atoms with Crippen LogP contribution in [0.15, 0.2) is 133 Å². The van der Waals surface area contributed by atoms with Crippen LogP contribution in [0.3, 0.4) is 0 Å². The first kappa shape index (κ1) is 27.5. The summed E-state index contributed by atoms with van der Waals surface area (Å²) < 4.78 is 25.2. The van der Waals surface area contributed by atoms with Crippen LogP contribution in [-0.4, -0.2) is 30.9 Å². The standard InChI is InChI=1S/C35H34O5/c36-35(30-19-11-4-12-20-30)40-32-22-21-31(26-37-23-27-13-5-1-6-14-27)33(38-24-28-15-7-2-8-16-28)34(32)39-25-29-17-9-3-10-18-29/h1-22,31-34H,23-26H2/t31-,32+,33-,34-/m1/s1. The maximum atomic E-state index is 13.1. The summed E-state index contributed by atoms with van der Waals surface area (Å²) >= 11 is 0. The van der Waals surface area contributed by atoms with E-state index in [1.165, 1.54) is 0 Å². The van der Waals surface area contributed by atoms with Gasteiger partial charge in [-0.2, -0.15) is 0 Å². The molecular weight excluding hydrogens is 500 g/mol. The number of carbonyl (C=O) groups is 1. The Morgan fingerprint density at radius 3 is 1.57 bits per heavy atom. The summed E-state index contributed by atoms with van der Waals surface area (Å²) in [4.78, 5) is 13.1. The summed E-state index contributed by atoms with van der Waals surface area (Å²) in [5.74, 6) is -0.496. The second-order valence-electron chi connectivity index (χ2n) is 9.81. The van der Waals surface area contributed by atoms with E-state index in [1.807, 2.05) is 121 Å². The van der Waals surface area contributed by atoms with E-state index < -0.39 is 24.3 Å². The van der Waals surface area contributed by atoms with Crippen molar-refractivity contribution in [3.63, 3.8) is 0 Å². The van der Waals surface area contributed by atoms with Crippen molar-refractivity contribution in [3.8, 4) is 0 Å². The highest BCUT2D eigenvalue weighted by molar-refractivity contribution is 5.89. The fourth-order valence-electron chi connectivity index (χ4n) is 4.75. The van der Waals surface area contributed by atoms with Gasteiger partial charge in [-0.1, -0.05) is 115 Å². The molecule has 5 nitrogen and oxygen atoms in total. The van der Waals surface area contributed by atoms with Crippen molar-refractivity contribution < 1.29 is 23.7 Å². The Labute approximate surface area is 236 Å². The lowest BCUT2D eigenvalue weighted by Gasteiger charge is -2.38. The fraction of sp³-hybridized carbons (Fsp3) is 0.229. The Bertz CT molecular complexity index is 1330. The van der Waals surface area contributed by atoms with Crippen LogP contribution >= 0.6 is 0 Å². The molecule has 1 aliphatic carbocycles. The van der Waals surface area contributed by atoms with E-state index in [9.17, 15) is 4.79 Å². The highest BCUT2D eigenvalue weighted by atomic mass is 16.6. The monoisotopic (exact) mass is 534 g/mol. The molecule has 0 spiro atoms. The molecule has 0 heterocycles. The molecule has 0 unspecified atom stereocenters.